The Morgan fingerprint density at radius 1 is 1.24 bits per heavy atom. The van der Waals surface area contributed by atoms with Gasteiger partial charge in [0.25, 0.3) is 5.56 Å². The average molecular weight is 352 g/mol. The minimum Gasteiger partial charge on any atom is -0.312 e. The van der Waals surface area contributed by atoms with Crippen LogP contribution in [-0.2, 0) is 6.54 Å². The Balaban J connectivity index is 1.96. The third kappa shape index (κ3) is 2.93. The zero-order valence-electron chi connectivity index (χ0n) is 12.5. The number of halogens is 1. The van der Waals surface area contributed by atoms with Gasteiger partial charge in [-0.15, -0.1) is 0 Å². The number of nitrogens with zero attached hydrogens (tertiary/aromatic N) is 3. The van der Waals surface area contributed by atoms with E-state index in [0.717, 1.165) is 17.6 Å². The first-order chi connectivity index (χ1) is 10.1. The lowest BCUT2D eigenvalue weighted by Gasteiger charge is -2.31. The third-order valence-corrected chi connectivity index (χ3v) is 5.87. The Hall–Kier alpha value is -1.10. The molecule has 1 aliphatic rings. The van der Waals surface area contributed by atoms with E-state index in [1.807, 2.05) is 30.0 Å². The molecular weight excluding hydrogens is 330 g/mol. The fourth-order valence-corrected chi connectivity index (χ4v) is 4.18. The van der Waals surface area contributed by atoms with E-state index >= 15 is 0 Å². The van der Waals surface area contributed by atoms with Crippen molar-refractivity contribution in [3.8, 4) is 0 Å². The van der Waals surface area contributed by atoms with Crippen molar-refractivity contribution in [1.82, 2.24) is 14.2 Å². The van der Waals surface area contributed by atoms with Gasteiger partial charge in [0.2, 0.25) is 0 Å². The van der Waals surface area contributed by atoms with Crippen LogP contribution in [0.25, 0.3) is 5.52 Å². The maximum atomic E-state index is 12.6. The molecule has 0 N–H and O–H groups in total. The predicted octanol–water partition coefficient (Wildman–Crippen LogP) is 3.54. The molecule has 3 rings (SSSR count). The van der Waals surface area contributed by atoms with E-state index in [-0.39, 0.29) is 11.0 Å². The molecule has 1 saturated carbocycles. The summed E-state index contributed by atoms with van der Waals surface area (Å²) in [5.74, 6) is 0. The molecule has 0 radical (unpaired) electrons. The molecule has 5 heteroatoms. The minimum absolute atomic E-state index is 0.0719. The summed E-state index contributed by atoms with van der Waals surface area (Å²) in [6.45, 7) is 2.72. The Morgan fingerprint density at radius 2 is 1.95 bits per heavy atom. The van der Waals surface area contributed by atoms with E-state index in [2.05, 4.69) is 21.0 Å². The van der Waals surface area contributed by atoms with Crippen molar-refractivity contribution in [3.63, 3.8) is 0 Å². The average Bonchev–Trinajstić information content (AvgIpc) is 2.71. The van der Waals surface area contributed by atoms with Gasteiger partial charge in [-0.2, -0.15) is 5.10 Å². The van der Waals surface area contributed by atoms with E-state index < -0.39 is 0 Å². The van der Waals surface area contributed by atoms with Crippen LogP contribution in [0.1, 0.15) is 44.2 Å². The topological polar surface area (TPSA) is 39.3 Å². The van der Waals surface area contributed by atoms with Crippen molar-refractivity contribution in [2.75, 3.05) is 5.33 Å². The number of alkyl halides is 1. The second kappa shape index (κ2) is 5.95. The Bertz CT molecular complexity index is 680. The van der Waals surface area contributed by atoms with E-state index in [1.54, 1.807) is 4.52 Å². The highest BCUT2D eigenvalue weighted by Crippen LogP contribution is 2.37. The van der Waals surface area contributed by atoms with Gasteiger partial charge < -0.3 is 4.57 Å². The van der Waals surface area contributed by atoms with Gasteiger partial charge in [-0.25, -0.2) is 4.52 Å². The molecular formula is C16H22BrN3O. The summed E-state index contributed by atoms with van der Waals surface area (Å²) in [7, 11) is 0. The Morgan fingerprint density at radius 3 is 2.62 bits per heavy atom. The molecule has 2 aromatic heterocycles. The lowest BCUT2D eigenvalue weighted by molar-refractivity contribution is 0.239. The van der Waals surface area contributed by atoms with Crippen LogP contribution in [0.15, 0.2) is 23.3 Å². The van der Waals surface area contributed by atoms with Crippen LogP contribution in [0.3, 0.4) is 0 Å². The molecule has 0 aromatic carbocycles. The summed E-state index contributed by atoms with van der Waals surface area (Å²) < 4.78 is 3.56. The van der Waals surface area contributed by atoms with Gasteiger partial charge in [0.1, 0.15) is 5.52 Å². The summed E-state index contributed by atoms with van der Waals surface area (Å²) in [4.78, 5) is 12.6. The second-order valence-corrected chi connectivity index (χ2v) is 6.96. The molecule has 0 bridgehead atoms. The lowest BCUT2D eigenvalue weighted by atomic mass is 9.82. The summed E-state index contributed by atoms with van der Waals surface area (Å²) in [6.07, 6.45) is 11.4. The van der Waals surface area contributed by atoms with Crippen LogP contribution in [0, 0.1) is 12.3 Å². The molecule has 0 spiro atoms. The van der Waals surface area contributed by atoms with E-state index in [4.69, 9.17) is 0 Å². The fraction of sp³-hybridized carbons (Fsp3) is 0.625. The minimum atomic E-state index is 0.0719. The molecule has 1 fully saturated rings. The lowest BCUT2D eigenvalue weighted by Crippen LogP contribution is -2.33. The molecule has 0 atom stereocenters. The maximum absolute atomic E-state index is 12.6. The van der Waals surface area contributed by atoms with Crippen LogP contribution in [-0.4, -0.2) is 19.5 Å². The van der Waals surface area contributed by atoms with E-state index in [1.165, 1.54) is 38.5 Å². The number of rotatable bonds is 3. The fourth-order valence-electron chi connectivity index (χ4n) is 3.45. The van der Waals surface area contributed by atoms with Gasteiger partial charge in [-0.1, -0.05) is 41.6 Å². The van der Waals surface area contributed by atoms with Gasteiger partial charge >= 0.3 is 0 Å². The zero-order chi connectivity index (χ0) is 14.9. The predicted molar refractivity (Wildman–Crippen MR) is 88.1 cm³/mol. The largest absolute Gasteiger partial charge is 0.312 e. The quantitative estimate of drug-likeness (QED) is 0.626. The van der Waals surface area contributed by atoms with Crippen LogP contribution >= 0.6 is 15.9 Å². The molecule has 0 saturated heterocycles. The highest BCUT2D eigenvalue weighted by atomic mass is 79.9. The first-order valence-corrected chi connectivity index (χ1v) is 8.87. The van der Waals surface area contributed by atoms with E-state index in [9.17, 15) is 4.79 Å². The summed E-state index contributed by atoms with van der Waals surface area (Å²) in [5, 5.41) is 5.28. The van der Waals surface area contributed by atoms with Crippen molar-refractivity contribution in [3.05, 3.63) is 34.5 Å². The van der Waals surface area contributed by atoms with Crippen LogP contribution in [0.5, 0.6) is 0 Å². The van der Waals surface area contributed by atoms with Crippen molar-refractivity contribution >= 4 is 21.4 Å². The summed E-state index contributed by atoms with van der Waals surface area (Å²) >= 11 is 3.71. The zero-order valence-corrected chi connectivity index (χ0v) is 14.1. The van der Waals surface area contributed by atoms with Gasteiger partial charge in [0, 0.05) is 24.3 Å². The first-order valence-electron chi connectivity index (χ1n) is 7.75. The third-order valence-electron chi connectivity index (χ3n) is 4.68. The molecule has 4 nitrogen and oxygen atoms in total. The number of aryl methyl sites for hydroxylation is 1. The summed E-state index contributed by atoms with van der Waals surface area (Å²) in [5.41, 5.74) is 1.85. The molecule has 21 heavy (non-hydrogen) atoms. The van der Waals surface area contributed by atoms with E-state index in [0.29, 0.717) is 5.52 Å². The molecule has 2 heterocycles. The Kier molecular flexibility index (Phi) is 4.20. The van der Waals surface area contributed by atoms with Crippen molar-refractivity contribution in [2.24, 2.45) is 5.41 Å². The monoisotopic (exact) mass is 351 g/mol. The number of aromatic nitrogens is 3. The smallest absolute Gasteiger partial charge is 0.276 e. The van der Waals surface area contributed by atoms with Crippen LogP contribution in [0.4, 0.5) is 0 Å². The van der Waals surface area contributed by atoms with Crippen molar-refractivity contribution < 1.29 is 0 Å². The maximum Gasteiger partial charge on any atom is 0.276 e. The highest BCUT2D eigenvalue weighted by Gasteiger charge is 2.30. The molecule has 114 valence electrons. The number of hydrogen-bond acceptors (Lipinski definition) is 2. The summed E-state index contributed by atoms with van der Waals surface area (Å²) in [6, 6.07) is 1.87. The van der Waals surface area contributed by atoms with Gasteiger partial charge in [-0.05, 0) is 31.2 Å². The normalized spacial score (nSPS) is 18.8. The SMILES string of the molecule is Cc1cc2c(=O)n(CC3(CBr)CCCCCC3)ccn2n1. The molecule has 0 aliphatic heterocycles. The van der Waals surface area contributed by atoms with Crippen molar-refractivity contribution in [1.29, 1.82) is 0 Å². The van der Waals surface area contributed by atoms with Crippen LogP contribution < -0.4 is 5.56 Å². The standard InChI is InChI=1S/C16H22BrN3O/c1-13-10-14-15(21)19(8-9-20(14)18-13)12-16(11-17)6-4-2-3-5-7-16/h8-10H,2-7,11-12H2,1H3. The molecule has 1 aliphatic carbocycles. The Labute approximate surface area is 133 Å². The number of fused-ring (bicyclic) bond motifs is 1. The molecule has 0 unspecified atom stereocenters. The van der Waals surface area contributed by atoms with Gasteiger partial charge in [0.15, 0.2) is 0 Å². The highest BCUT2D eigenvalue weighted by molar-refractivity contribution is 9.09. The van der Waals surface area contributed by atoms with Crippen molar-refractivity contribution in [2.45, 2.75) is 52.0 Å². The van der Waals surface area contributed by atoms with Gasteiger partial charge in [-0.3, -0.25) is 4.79 Å². The number of hydrogen-bond donors (Lipinski definition) is 0. The van der Waals surface area contributed by atoms with Crippen LogP contribution in [0.2, 0.25) is 0 Å². The second-order valence-electron chi connectivity index (χ2n) is 6.39. The molecule has 0 amide bonds. The first kappa shape index (κ1) is 14.8. The molecule has 2 aromatic rings. The van der Waals surface area contributed by atoms with Gasteiger partial charge in [0.05, 0.1) is 5.69 Å².